The van der Waals surface area contributed by atoms with Crippen LogP contribution in [0.3, 0.4) is 0 Å². The van der Waals surface area contributed by atoms with E-state index in [1.807, 2.05) is 43.5 Å². The van der Waals surface area contributed by atoms with Gasteiger partial charge in [-0.05, 0) is 75.7 Å². The molecule has 0 saturated carbocycles. The van der Waals surface area contributed by atoms with E-state index in [0.717, 1.165) is 34.8 Å². The molecule has 172 valence electrons. The first-order valence-electron chi connectivity index (χ1n) is 11.0. The lowest BCUT2D eigenvalue weighted by Gasteiger charge is -2.11. The maximum atomic E-state index is 12.4. The van der Waals surface area contributed by atoms with Gasteiger partial charge in [0.25, 0.3) is 5.91 Å². The summed E-state index contributed by atoms with van der Waals surface area (Å²) in [5.41, 5.74) is 7.18. The molecule has 7 heteroatoms. The molecule has 7 nitrogen and oxygen atoms in total. The van der Waals surface area contributed by atoms with Crippen molar-refractivity contribution in [3.63, 3.8) is 0 Å². The van der Waals surface area contributed by atoms with Crippen molar-refractivity contribution >= 4 is 18.1 Å². The van der Waals surface area contributed by atoms with Crippen molar-refractivity contribution in [1.29, 1.82) is 0 Å². The van der Waals surface area contributed by atoms with Crippen LogP contribution in [0.15, 0.2) is 59.7 Å². The summed E-state index contributed by atoms with van der Waals surface area (Å²) >= 11 is 0. The van der Waals surface area contributed by atoms with Gasteiger partial charge in [-0.1, -0.05) is 13.0 Å². The van der Waals surface area contributed by atoms with Crippen LogP contribution >= 0.6 is 0 Å². The Kier molecular flexibility index (Phi) is 8.02. The van der Waals surface area contributed by atoms with Gasteiger partial charge in [0.15, 0.2) is 0 Å². The van der Waals surface area contributed by atoms with Crippen LogP contribution < -0.4 is 10.2 Å². The number of benzene rings is 2. The second-order valence-electron chi connectivity index (χ2n) is 7.50. The molecule has 33 heavy (non-hydrogen) atoms. The van der Waals surface area contributed by atoms with Crippen LogP contribution in [0, 0.1) is 13.8 Å². The van der Waals surface area contributed by atoms with Crippen LogP contribution in [-0.2, 0) is 4.74 Å². The third kappa shape index (κ3) is 5.88. The molecule has 0 atom stereocenters. The van der Waals surface area contributed by atoms with E-state index >= 15 is 0 Å². The number of hydrogen-bond donors (Lipinski definition) is 1. The monoisotopic (exact) mass is 447 g/mol. The SMILES string of the molecule is CCCOc1ccc(C(=O)N/N=C\c2cc(C)n(-c3cccc(C(=O)OCC)c3)c2C)cc1. The highest BCUT2D eigenvalue weighted by atomic mass is 16.5. The molecule has 1 heterocycles. The van der Waals surface area contributed by atoms with Gasteiger partial charge in [0, 0.05) is 28.2 Å². The molecule has 0 aliphatic rings. The molecule has 2 aromatic carbocycles. The van der Waals surface area contributed by atoms with Crippen LogP contribution in [0.1, 0.15) is 57.9 Å². The molecule has 0 bridgehead atoms. The van der Waals surface area contributed by atoms with Gasteiger partial charge in [0.05, 0.1) is 25.0 Å². The van der Waals surface area contributed by atoms with Crippen molar-refractivity contribution in [1.82, 2.24) is 9.99 Å². The Morgan fingerprint density at radius 1 is 1.03 bits per heavy atom. The number of carbonyl (C=O) groups excluding carboxylic acids is 2. The molecule has 0 radical (unpaired) electrons. The number of amides is 1. The molecule has 0 aliphatic heterocycles. The van der Waals surface area contributed by atoms with Gasteiger partial charge in [-0.2, -0.15) is 5.10 Å². The minimum absolute atomic E-state index is 0.302. The van der Waals surface area contributed by atoms with Gasteiger partial charge in [-0.15, -0.1) is 0 Å². The number of hydrogen-bond acceptors (Lipinski definition) is 5. The normalized spacial score (nSPS) is 10.9. The summed E-state index contributed by atoms with van der Waals surface area (Å²) in [5.74, 6) is 0.0804. The number of carbonyl (C=O) groups is 2. The fourth-order valence-electron chi connectivity index (χ4n) is 3.45. The standard InChI is InChI=1S/C26H29N3O4/c1-5-14-33-24-12-10-20(11-13-24)25(30)28-27-17-22-15-18(3)29(19(22)4)23-9-7-8-21(16-23)26(31)32-6-2/h7-13,15-17H,5-6,14H2,1-4H3,(H,28,30)/b27-17-. The van der Waals surface area contributed by atoms with Gasteiger partial charge in [-0.25, -0.2) is 10.2 Å². The molecule has 0 saturated heterocycles. The zero-order valence-electron chi connectivity index (χ0n) is 19.4. The first-order chi connectivity index (χ1) is 15.9. The van der Waals surface area contributed by atoms with Gasteiger partial charge in [0.2, 0.25) is 0 Å². The zero-order valence-corrected chi connectivity index (χ0v) is 19.4. The molecule has 1 N–H and O–H groups in total. The minimum Gasteiger partial charge on any atom is -0.494 e. The summed E-state index contributed by atoms with van der Waals surface area (Å²) in [7, 11) is 0. The van der Waals surface area contributed by atoms with Crippen molar-refractivity contribution in [2.75, 3.05) is 13.2 Å². The van der Waals surface area contributed by atoms with E-state index in [4.69, 9.17) is 9.47 Å². The van der Waals surface area contributed by atoms with Crippen LogP contribution in [0.4, 0.5) is 0 Å². The summed E-state index contributed by atoms with van der Waals surface area (Å²) < 4.78 is 12.7. The predicted molar refractivity (Wildman–Crippen MR) is 128 cm³/mol. The second kappa shape index (κ2) is 11.1. The van der Waals surface area contributed by atoms with Crippen molar-refractivity contribution in [2.24, 2.45) is 5.10 Å². The number of ether oxygens (including phenoxy) is 2. The predicted octanol–water partition coefficient (Wildman–Crippen LogP) is 4.82. The Morgan fingerprint density at radius 2 is 1.79 bits per heavy atom. The average Bonchev–Trinajstić information content (AvgIpc) is 3.11. The lowest BCUT2D eigenvalue weighted by molar-refractivity contribution is 0.0526. The van der Waals surface area contributed by atoms with E-state index in [1.54, 1.807) is 49.5 Å². The van der Waals surface area contributed by atoms with Gasteiger partial charge >= 0.3 is 5.97 Å². The van der Waals surface area contributed by atoms with E-state index in [2.05, 4.69) is 10.5 Å². The van der Waals surface area contributed by atoms with Crippen molar-refractivity contribution < 1.29 is 19.1 Å². The third-order valence-corrected chi connectivity index (χ3v) is 5.04. The van der Waals surface area contributed by atoms with Crippen LogP contribution in [0.2, 0.25) is 0 Å². The Hall–Kier alpha value is -3.87. The highest BCUT2D eigenvalue weighted by Gasteiger charge is 2.13. The number of aromatic nitrogens is 1. The smallest absolute Gasteiger partial charge is 0.338 e. The van der Waals surface area contributed by atoms with E-state index in [9.17, 15) is 9.59 Å². The lowest BCUT2D eigenvalue weighted by Crippen LogP contribution is -2.17. The largest absolute Gasteiger partial charge is 0.494 e. The Morgan fingerprint density at radius 3 is 2.48 bits per heavy atom. The zero-order chi connectivity index (χ0) is 23.8. The molecule has 3 aromatic rings. The highest BCUT2D eigenvalue weighted by molar-refractivity contribution is 5.95. The van der Waals surface area contributed by atoms with Crippen LogP contribution in [-0.4, -0.2) is 35.9 Å². The molecule has 0 fully saturated rings. The quantitative estimate of drug-likeness (QED) is 0.290. The van der Waals surface area contributed by atoms with Gasteiger partial charge < -0.3 is 14.0 Å². The summed E-state index contributed by atoms with van der Waals surface area (Å²) in [6.07, 6.45) is 2.54. The molecule has 1 amide bonds. The maximum absolute atomic E-state index is 12.4. The second-order valence-corrected chi connectivity index (χ2v) is 7.50. The number of aryl methyl sites for hydroxylation is 1. The molecule has 0 unspecified atom stereocenters. The van der Waals surface area contributed by atoms with Crippen molar-refractivity contribution in [3.8, 4) is 11.4 Å². The van der Waals surface area contributed by atoms with Crippen LogP contribution in [0.5, 0.6) is 5.75 Å². The molecular formula is C26H29N3O4. The van der Waals surface area contributed by atoms with Crippen molar-refractivity contribution in [3.05, 3.63) is 82.7 Å². The minimum atomic E-state index is -0.351. The molecule has 3 rings (SSSR count). The molecule has 1 aromatic heterocycles. The van der Waals surface area contributed by atoms with Crippen LogP contribution in [0.25, 0.3) is 5.69 Å². The van der Waals surface area contributed by atoms with Crippen molar-refractivity contribution in [2.45, 2.75) is 34.1 Å². The Bertz CT molecular complexity index is 1150. The fraction of sp³-hybridized carbons (Fsp3) is 0.269. The van der Waals surface area contributed by atoms with Gasteiger partial charge in [-0.3, -0.25) is 4.79 Å². The first kappa shape index (κ1) is 23.8. The Labute approximate surface area is 194 Å². The van der Waals surface area contributed by atoms with E-state index in [1.165, 1.54) is 0 Å². The summed E-state index contributed by atoms with van der Waals surface area (Å²) in [5, 5.41) is 4.13. The lowest BCUT2D eigenvalue weighted by atomic mass is 10.2. The molecular weight excluding hydrogens is 418 g/mol. The third-order valence-electron chi connectivity index (χ3n) is 5.04. The number of hydrazone groups is 1. The first-order valence-corrected chi connectivity index (χ1v) is 11.0. The topological polar surface area (TPSA) is 81.9 Å². The molecule has 0 spiro atoms. The number of nitrogens with zero attached hydrogens (tertiary/aromatic N) is 2. The summed E-state index contributed by atoms with van der Waals surface area (Å²) in [6, 6.07) is 16.2. The molecule has 0 aliphatic carbocycles. The summed E-state index contributed by atoms with van der Waals surface area (Å²) in [4.78, 5) is 24.5. The maximum Gasteiger partial charge on any atom is 0.338 e. The number of rotatable bonds is 9. The Balaban J connectivity index is 1.72. The van der Waals surface area contributed by atoms with E-state index in [0.29, 0.717) is 24.3 Å². The van der Waals surface area contributed by atoms with E-state index < -0.39 is 0 Å². The van der Waals surface area contributed by atoms with Gasteiger partial charge in [0.1, 0.15) is 5.75 Å². The number of esters is 1. The summed E-state index contributed by atoms with van der Waals surface area (Å²) in [6.45, 7) is 8.72. The average molecular weight is 448 g/mol. The highest BCUT2D eigenvalue weighted by Crippen LogP contribution is 2.21. The van der Waals surface area contributed by atoms with E-state index in [-0.39, 0.29) is 11.9 Å². The number of nitrogens with one attached hydrogen (secondary N) is 1. The fourth-order valence-corrected chi connectivity index (χ4v) is 3.45.